The van der Waals surface area contributed by atoms with E-state index in [1.54, 1.807) is 6.07 Å². The van der Waals surface area contributed by atoms with E-state index < -0.39 is 17.4 Å². The van der Waals surface area contributed by atoms with Gasteiger partial charge in [-0.15, -0.1) is 0 Å². The lowest BCUT2D eigenvalue weighted by molar-refractivity contribution is 0.0985. The average molecular weight is 234 g/mol. The molecular formula is C12H14N2O3. The fraction of sp³-hybridized carbons (Fsp3) is 0.333. The summed E-state index contributed by atoms with van der Waals surface area (Å²) in [5.41, 5.74) is 11.4. The number of fused-ring (bicyclic) bond motifs is 1. The summed E-state index contributed by atoms with van der Waals surface area (Å²) >= 11 is 0. The number of rotatable bonds is 2. The monoisotopic (exact) mass is 234 g/mol. The zero-order valence-corrected chi connectivity index (χ0v) is 9.74. The molecule has 5 nitrogen and oxygen atoms in total. The Morgan fingerprint density at radius 2 is 1.88 bits per heavy atom. The minimum atomic E-state index is -0.623. The predicted octanol–water partition coefficient (Wildman–Crippen LogP) is 0.598. The first-order chi connectivity index (χ1) is 7.80. The van der Waals surface area contributed by atoms with Crippen molar-refractivity contribution in [3.8, 4) is 5.75 Å². The number of nitrogens with two attached hydrogens (primary N) is 2. The van der Waals surface area contributed by atoms with E-state index in [1.165, 1.54) is 6.07 Å². The third-order valence-electron chi connectivity index (χ3n) is 2.71. The molecule has 17 heavy (non-hydrogen) atoms. The van der Waals surface area contributed by atoms with Crippen molar-refractivity contribution in [2.45, 2.75) is 25.9 Å². The number of hydrogen-bond acceptors (Lipinski definition) is 3. The first kappa shape index (κ1) is 11.4. The van der Waals surface area contributed by atoms with Gasteiger partial charge in [0.1, 0.15) is 11.4 Å². The highest BCUT2D eigenvalue weighted by molar-refractivity contribution is 6.01. The van der Waals surface area contributed by atoms with Gasteiger partial charge in [-0.25, -0.2) is 0 Å². The van der Waals surface area contributed by atoms with E-state index in [-0.39, 0.29) is 11.1 Å². The summed E-state index contributed by atoms with van der Waals surface area (Å²) in [7, 11) is 0. The summed E-state index contributed by atoms with van der Waals surface area (Å²) in [5.74, 6) is -0.741. The Morgan fingerprint density at radius 3 is 2.41 bits per heavy atom. The van der Waals surface area contributed by atoms with Crippen LogP contribution in [0.4, 0.5) is 0 Å². The minimum absolute atomic E-state index is 0.210. The normalized spacial score (nSPS) is 16.1. The largest absolute Gasteiger partial charge is 0.486 e. The van der Waals surface area contributed by atoms with E-state index in [2.05, 4.69) is 0 Å². The van der Waals surface area contributed by atoms with Crippen molar-refractivity contribution in [2.24, 2.45) is 11.5 Å². The van der Waals surface area contributed by atoms with E-state index in [1.807, 2.05) is 13.8 Å². The Kier molecular flexibility index (Phi) is 2.34. The van der Waals surface area contributed by atoms with Crippen LogP contribution in [-0.4, -0.2) is 17.4 Å². The molecule has 1 aliphatic heterocycles. The number of ether oxygens (including phenoxy) is 1. The molecule has 0 aliphatic carbocycles. The molecule has 1 aromatic carbocycles. The van der Waals surface area contributed by atoms with Crippen LogP contribution in [0.5, 0.6) is 5.75 Å². The Balaban J connectivity index is 2.62. The lowest BCUT2D eigenvalue weighted by Crippen LogP contribution is -2.25. The summed E-state index contributed by atoms with van der Waals surface area (Å²) < 4.78 is 5.67. The Hall–Kier alpha value is -2.04. The van der Waals surface area contributed by atoms with Gasteiger partial charge in [-0.1, -0.05) is 0 Å². The lowest BCUT2D eigenvalue weighted by atomic mass is 9.97. The van der Waals surface area contributed by atoms with E-state index in [0.717, 1.165) is 5.56 Å². The van der Waals surface area contributed by atoms with Crippen molar-refractivity contribution < 1.29 is 14.3 Å². The fourth-order valence-corrected chi connectivity index (χ4v) is 2.04. The van der Waals surface area contributed by atoms with Gasteiger partial charge in [-0.3, -0.25) is 9.59 Å². The second-order valence-corrected chi connectivity index (χ2v) is 4.78. The molecule has 2 rings (SSSR count). The van der Waals surface area contributed by atoms with Crippen molar-refractivity contribution in [1.82, 2.24) is 0 Å². The molecule has 0 saturated heterocycles. The third-order valence-corrected chi connectivity index (χ3v) is 2.71. The lowest BCUT2D eigenvalue weighted by Gasteiger charge is -2.17. The van der Waals surface area contributed by atoms with Crippen LogP contribution >= 0.6 is 0 Å². The van der Waals surface area contributed by atoms with Crippen LogP contribution in [0.1, 0.15) is 40.1 Å². The Labute approximate surface area is 98.7 Å². The van der Waals surface area contributed by atoms with Gasteiger partial charge in [0, 0.05) is 12.0 Å². The molecule has 90 valence electrons. The number of carbonyl (C=O) groups is 2. The van der Waals surface area contributed by atoms with Crippen LogP contribution in [0.25, 0.3) is 0 Å². The van der Waals surface area contributed by atoms with Gasteiger partial charge in [0.15, 0.2) is 0 Å². The van der Waals surface area contributed by atoms with Crippen LogP contribution in [0.3, 0.4) is 0 Å². The molecule has 1 aromatic rings. The van der Waals surface area contributed by atoms with Crippen molar-refractivity contribution in [2.75, 3.05) is 0 Å². The molecule has 5 heteroatoms. The summed E-state index contributed by atoms with van der Waals surface area (Å²) in [6.07, 6.45) is 0.615. The molecule has 0 radical (unpaired) electrons. The minimum Gasteiger partial charge on any atom is -0.486 e. The van der Waals surface area contributed by atoms with Gasteiger partial charge in [0.25, 0.3) is 5.91 Å². The standard InChI is InChI=1S/C12H14N2O3/c1-12(2)5-7-3-6(10(13)15)4-8(11(14)16)9(7)17-12/h3-4H,5H2,1-2H3,(H2,13,15)(H2,14,16). The van der Waals surface area contributed by atoms with Crippen LogP contribution in [0, 0.1) is 0 Å². The van der Waals surface area contributed by atoms with Crippen molar-refractivity contribution in [3.05, 3.63) is 28.8 Å². The van der Waals surface area contributed by atoms with Gasteiger partial charge in [0.05, 0.1) is 5.56 Å². The van der Waals surface area contributed by atoms with E-state index in [4.69, 9.17) is 16.2 Å². The number of hydrogen-bond donors (Lipinski definition) is 2. The quantitative estimate of drug-likeness (QED) is 0.784. The van der Waals surface area contributed by atoms with Gasteiger partial charge >= 0.3 is 0 Å². The molecular weight excluding hydrogens is 220 g/mol. The van der Waals surface area contributed by atoms with Crippen molar-refractivity contribution >= 4 is 11.8 Å². The fourth-order valence-electron chi connectivity index (χ4n) is 2.04. The van der Waals surface area contributed by atoms with Gasteiger partial charge in [0.2, 0.25) is 5.91 Å². The highest BCUT2D eigenvalue weighted by Crippen LogP contribution is 2.38. The first-order valence-electron chi connectivity index (χ1n) is 5.26. The second-order valence-electron chi connectivity index (χ2n) is 4.78. The Bertz CT molecular complexity index is 521. The predicted molar refractivity (Wildman–Crippen MR) is 61.9 cm³/mol. The van der Waals surface area contributed by atoms with Crippen molar-refractivity contribution in [1.29, 1.82) is 0 Å². The molecule has 0 aromatic heterocycles. The maximum atomic E-state index is 11.3. The number of amides is 2. The zero-order chi connectivity index (χ0) is 12.8. The van der Waals surface area contributed by atoms with Gasteiger partial charge in [-0.2, -0.15) is 0 Å². The third kappa shape index (κ3) is 1.95. The van der Waals surface area contributed by atoms with E-state index >= 15 is 0 Å². The summed E-state index contributed by atoms with van der Waals surface area (Å²) in [5, 5.41) is 0. The van der Waals surface area contributed by atoms with E-state index in [0.29, 0.717) is 12.2 Å². The maximum absolute atomic E-state index is 11.3. The molecule has 0 unspecified atom stereocenters. The molecule has 0 spiro atoms. The molecule has 0 atom stereocenters. The molecule has 1 aliphatic rings. The number of benzene rings is 1. The summed E-state index contributed by atoms with van der Waals surface area (Å²) in [6.45, 7) is 3.81. The summed E-state index contributed by atoms with van der Waals surface area (Å²) in [4.78, 5) is 22.5. The zero-order valence-electron chi connectivity index (χ0n) is 9.74. The van der Waals surface area contributed by atoms with Crippen LogP contribution < -0.4 is 16.2 Å². The second kappa shape index (κ2) is 3.48. The van der Waals surface area contributed by atoms with Gasteiger partial charge in [-0.05, 0) is 31.5 Å². The van der Waals surface area contributed by atoms with Crippen LogP contribution in [0.2, 0.25) is 0 Å². The molecule has 1 heterocycles. The molecule has 0 fully saturated rings. The Morgan fingerprint density at radius 1 is 1.24 bits per heavy atom. The average Bonchev–Trinajstić information content (AvgIpc) is 2.49. The smallest absolute Gasteiger partial charge is 0.252 e. The van der Waals surface area contributed by atoms with Crippen LogP contribution in [0.15, 0.2) is 12.1 Å². The molecule has 4 N–H and O–H groups in total. The highest BCUT2D eigenvalue weighted by atomic mass is 16.5. The number of primary amides is 2. The van der Waals surface area contributed by atoms with Crippen LogP contribution in [-0.2, 0) is 6.42 Å². The molecule has 0 bridgehead atoms. The molecule has 2 amide bonds. The highest BCUT2D eigenvalue weighted by Gasteiger charge is 2.33. The van der Waals surface area contributed by atoms with Crippen molar-refractivity contribution in [3.63, 3.8) is 0 Å². The number of carbonyl (C=O) groups excluding carboxylic acids is 2. The molecule has 0 saturated carbocycles. The summed E-state index contributed by atoms with van der Waals surface area (Å²) in [6, 6.07) is 3.03. The SMILES string of the molecule is CC1(C)Cc2cc(C(N)=O)cc(C(N)=O)c2O1. The maximum Gasteiger partial charge on any atom is 0.252 e. The van der Waals surface area contributed by atoms with Gasteiger partial charge < -0.3 is 16.2 Å². The van der Waals surface area contributed by atoms with E-state index in [9.17, 15) is 9.59 Å². The topological polar surface area (TPSA) is 95.4 Å². The first-order valence-corrected chi connectivity index (χ1v) is 5.26.